The summed E-state index contributed by atoms with van der Waals surface area (Å²) in [5.41, 5.74) is 9.02. The molecule has 0 bridgehead atoms. The topological polar surface area (TPSA) is 67.6 Å². The zero-order valence-electron chi connectivity index (χ0n) is 10.1. The Hall–Kier alpha value is -1.59. The molecular formula is C14H8BrIN4. The van der Waals surface area contributed by atoms with Crippen molar-refractivity contribution in [1.82, 2.24) is 9.55 Å². The zero-order chi connectivity index (χ0) is 14.3. The Morgan fingerprint density at radius 2 is 2.05 bits per heavy atom. The molecule has 0 amide bonds. The number of nitrogens with two attached hydrogens (primary N) is 1. The number of nitrogen functional groups attached to an aromatic ring is 1. The maximum absolute atomic E-state index is 9.27. The molecule has 4 nitrogen and oxygen atoms in total. The van der Waals surface area contributed by atoms with Crippen molar-refractivity contribution in [3.63, 3.8) is 0 Å². The Bertz CT molecular complexity index is 863. The molecule has 3 aromatic rings. The lowest BCUT2D eigenvalue weighted by Crippen LogP contribution is -2.02. The van der Waals surface area contributed by atoms with Crippen molar-refractivity contribution in [2.24, 2.45) is 0 Å². The average molecular weight is 439 g/mol. The van der Waals surface area contributed by atoms with Crippen LogP contribution in [-0.2, 0) is 0 Å². The number of halogens is 2. The number of fused-ring (bicyclic) bond motifs is 1. The maximum Gasteiger partial charge on any atom is 0.205 e. The molecule has 1 aromatic heterocycles. The summed E-state index contributed by atoms with van der Waals surface area (Å²) in [6.07, 6.45) is 0. The largest absolute Gasteiger partial charge is 0.369 e. The second-order valence-electron chi connectivity index (χ2n) is 4.21. The zero-order valence-corrected chi connectivity index (χ0v) is 13.9. The standard InChI is InChI=1S/C14H8BrIN4/c15-9-2-1-8(7-17)13(5-9)20-12-4-3-10(16)6-11(12)19-14(20)18/h1-6H,(H2,18,19). The molecule has 6 heteroatoms. The third-order valence-corrected chi connectivity index (χ3v) is 4.13. The Morgan fingerprint density at radius 1 is 1.25 bits per heavy atom. The Labute approximate surface area is 137 Å². The summed E-state index contributed by atoms with van der Waals surface area (Å²) in [5, 5.41) is 9.27. The minimum absolute atomic E-state index is 0.372. The molecule has 2 aromatic carbocycles. The molecule has 1 heterocycles. The van der Waals surface area contributed by atoms with Crippen molar-refractivity contribution in [2.45, 2.75) is 0 Å². The number of aromatic nitrogens is 2. The monoisotopic (exact) mass is 438 g/mol. The molecule has 98 valence electrons. The predicted molar refractivity (Wildman–Crippen MR) is 90.6 cm³/mol. The fourth-order valence-corrected chi connectivity index (χ4v) is 2.93. The number of nitrogens with zero attached hydrogens (tertiary/aromatic N) is 3. The minimum Gasteiger partial charge on any atom is -0.369 e. The normalized spacial score (nSPS) is 10.7. The van der Waals surface area contributed by atoms with Crippen LogP contribution >= 0.6 is 38.5 Å². The van der Waals surface area contributed by atoms with Gasteiger partial charge in [-0.25, -0.2) is 4.98 Å². The molecule has 0 spiro atoms. The van der Waals surface area contributed by atoms with Gasteiger partial charge in [-0.3, -0.25) is 4.57 Å². The van der Waals surface area contributed by atoms with E-state index in [0.717, 1.165) is 24.8 Å². The van der Waals surface area contributed by atoms with E-state index < -0.39 is 0 Å². The molecule has 0 radical (unpaired) electrons. The molecule has 0 atom stereocenters. The van der Waals surface area contributed by atoms with Gasteiger partial charge in [0.2, 0.25) is 5.95 Å². The highest BCUT2D eigenvalue weighted by molar-refractivity contribution is 14.1. The SMILES string of the molecule is N#Cc1ccc(Br)cc1-n1c(N)nc2cc(I)ccc21. The second-order valence-corrected chi connectivity index (χ2v) is 6.37. The summed E-state index contributed by atoms with van der Waals surface area (Å²) >= 11 is 5.66. The highest BCUT2D eigenvalue weighted by Crippen LogP contribution is 2.28. The van der Waals surface area contributed by atoms with Gasteiger partial charge in [0.25, 0.3) is 0 Å². The lowest BCUT2D eigenvalue weighted by molar-refractivity contribution is 1.10. The number of imidazole rings is 1. The van der Waals surface area contributed by atoms with E-state index in [1.807, 2.05) is 30.3 Å². The van der Waals surface area contributed by atoms with Crippen molar-refractivity contribution in [3.05, 3.63) is 50.0 Å². The molecule has 0 saturated heterocycles. The van der Waals surface area contributed by atoms with Crippen LogP contribution < -0.4 is 5.73 Å². The molecule has 0 unspecified atom stereocenters. The summed E-state index contributed by atoms with van der Waals surface area (Å²) in [6, 6.07) is 13.6. The van der Waals surface area contributed by atoms with E-state index >= 15 is 0 Å². The van der Waals surface area contributed by atoms with Crippen LogP contribution in [0.4, 0.5) is 5.95 Å². The number of hydrogen-bond acceptors (Lipinski definition) is 3. The highest BCUT2D eigenvalue weighted by atomic mass is 127. The predicted octanol–water partition coefficient (Wildman–Crippen LogP) is 3.85. The van der Waals surface area contributed by atoms with Gasteiger partial charge in [-0.15, -0.1) is 0 Å². The fourth-order valence-electron chi connectivity index (χ4n) is 2.11. The average Bonchev–Trinajstić information content (AvgIpc) is 2.73. The third kappa shape index (κ3) is 2.17. The molecule has 3 rings (SSSR count). The van der Waals surface area contributed by atoms with Crippen LogP contribution in [0.1, 0.15) is 5.56 Å². The first-order valence-electron chi connectivity index (χ1n) is 5.73. The van der Waals surface area contributed by atoms with Gasteiger partial charge < -0.3 is 5.73 Å². The van der Waals surface area contributed by atoms with E-state index in [0.29, 0.717) is 11.5 Å². The van der Waals surface area contributed by atoms with Gasteiger partial charge in [0.15, 0.2) is 0 Å². The summed E-state index contributed by atoms with van der Waals surface area (Å²) in [6.45, 7) is 0. The molecule has 0 aliphatic carbocycles. The number of benzene rings is 2. The molecule has 2 N–H and O–H groups in total. The van der Waals surface area contributed by atoms with Crippen LogP contribution in [-0.4, -0.2) is 9.55 Å². The molecule has 20 heavy (non-hydrogen) atoms. The summed E-state index contributed by atoms with van der Waals surface area (Å²) in [7, 11) is 0. The summed E-state index contributed by atoms with van der Waals surface area (Å²) < 4.78 is 3.78. The quantitative estimate of drug-likeness (QED) is 0.587. The molecular weight excluding hydrogens is 431 g/mol. The van der Waals surface area contributed by atoms with Crippen LogP contribution in [0, 0.1) is 14.9 Å². The van der Waals surface area contributed by atoms with Crippen molar-refractivity contribution in [2.75, 3.05) is 5.73 Å². The highest BCUT2D eigenvalue weighted by Gasteiger charge is 2.13. The molecule has 0 aliphatic heterocycles. The van der Waals surface area contributed by atoms with Gasteiger partial charge in [0, 0.05) is 8.04 Å². The van der Waals surface area contributed by atoms with Crippen molar-refractivity contribution in [1.29, 1.82) is 5.26 Å². The Balaban J connectivity index is 2.38. The van der Waals surface area contributed by atoms with E-state index in [-0.39, 0.29) is 0 Å². The van der Waals surface area contributed by atoms with E-state index in [1.54, 1.807) is 10.6 Å². The van der Waals surface area contributed by atoms with Crippen molar-refractivity contribution in [3.8, 4) is 11.8 Å². The number of nitriles is 1. The Morgan fingerprint density at radius 3 is 2.80 bits per heavy atom. The second kappa shape index (κ2) is 5.07. The van der Waals surface area contributed by atoms with Crippen molar-refractivity contribution >= 4 is 55.5 Å². The first-order chi connectivity index (χ1) is 9.60. The molecule has 0 saturated carbocycles. The number of anilines is 1. The smallest absolute Gasteiger partial charge is 0.205 e. The Kier molecular flexibility index (Phi) is 3.40. The lowest BCUT2D eigenvalue weighted by atomic mass is 10.2. The van der Waals surface area contributed by atoms with Crippen molar-refractivity contribution < 1.29 is 0 Å². The minimum atomic E-state index is 0.372. The summed E-state index contributed by atoms with van der Waals surface area (Å²) in [5.74, 6) is 0.372. The molecule has 0 aliphatic rings. The van der Waals surface area contributed by atoms with Gasteiger partial charge in [-0.2, -0.15) is 5.26 Å². The van der Waals surface area contributed by atoms with E-state index in [9.17, 15) is 5.26 Å². The van der Waals surface area contributed by atoms with Gasteiger partial charge in [-0.1, -0.05) is 15.9 Å². The summed E-state index contributed by atoms with van der Waals surface area (Å²) in [4.78, 5) is 4.37. The van der Waals surface area contributed by atoms with E-state index in [1.165, 1.54) is 0 Å². The van der Waals surface area contributed by atoms with Crippen LogP contribution in [0.5, 0.6) is 0 Å². The van der Waals surface area contributed by atoms with Gasteiger partial charge in [0.1, 0.15) is 6.07 Å². The van der Waals surface area contributed by atoms with Crippen LogP contribution in [0.3, 0.4) is 0 Å². The first-order valence-corrected chi connectivity index (χ1v) is 7.61. The van der Waals surface area contributed by atoms with Gasteiger partial charge in [0.05, 0.1) is 22.3 Å². The van der Waals surface area contributed by atoms with E-state index in [4.69, 9.17) is 5.73 Å². The van der Waals surface area contributed by atoms with E-state index in [2.05, 4.69) is 49.6 Å². The van der Waals surface area contributed by atoms with Crippen LogP contribution in [0.25, 0.3) is 16.7 Å². The fraction of sp³-hybridized carbons (Fsp3) is 0. The van der Waals surface area contributed by atoms with Crippen LogP contribution in [0.2, 0.25) is 0 Å². The number of rotatable bonds is 1. The molecule has 0 fully saturated rings. The van der Waals surface area contributed by atoms with Gasteiger partial charge in [-0.05, 0) is 59.0 Å². The number of hydrogen-bond donors (Lipinski definition) is 1. The third-order valence-electron chi connectivity index (χ3n) is 2.96. The van der Waals surface area contributed by atoms with Crippen LogP contribution in [0.15, 0.2) is 40.9 Å². The maximum atomic E-state index is 9.27. The van der Waals surface area contributed by atoms with Gasteiger partial charge >= 0.3 is 0 Å². The lowest BCUT2D eigenvalue weighted by Gasteiger charge is -2.09. The first kappa shape index (κ1) is 13.4.